The molecule has 0 aromatic heterocycles. The van der Waals surface area contributed by atoms with Gasteiger partial charge < -0.3 is 5.32 Å². The maximum absolute atomic E-state index is 12.1. The SMILES string of the molecule is CC(NC(=O)c1cccc(I)c1)c1ccccc1Cl. The van der Waals surface area contributed by atoms with Crippen LogP contribution in [-0.4, -0.2) is 5.91 Å². The summed E-state index contributed by atoms with van der Waals surface area (Å²) in [5.41, 5.74) is 1.58. The van der Waals surface area contributed by atoms with E-state index in [0.29, 0.717) is 10.6 Å². The van der Waals surface area contributed by atoms with Crippen LogP contribution in [0, 0.1) is 3.57 Å². The molecule has 0 fully saturated rings. The van der Waals surface area contributed by atoms with Gasteiger partial charge >= 0.3 is 0 Å². The van der Waals surface area contributed by atoms with Crippen molar-refractivity contribution in [2.45, 2.75) is 13.0 Å². The summed E-state index contributed by atoms with van der Waals surface area (Å²) in [4.78, 5) is 12.1. The van der Waals surface area contributed by atoms with Crippen LogP contribution in [0.5, 0.6) is 0 Å². The van der Waals surface area contributed by atoms with E-state index in [1.807, 2.05) is 49.4 Å². The average molecular weight is 386 g/mol. The lowest BCUT2D eigenvalue weighted by molar-refractivity contribution is 0.0940. The molecular weight excluding hydrogens is 373 g/mol. The molecule has 1 amide bonds. The molecule has 98 valence electrons. The van der Waals surface area contributed by atoms with E-state index in [4.69, 9.17) is 11.6 Å². The van der Waals surface area contributed by atoms with Crippen LogP contribution in [0.4, 0.5) is 0 Å². The van der Waals surface area contributed by atoms with Crippen molar-refractivity contribution in [3.8, 4) is 0 Å². The summed E-state index contributed by atoms with van der Waals surface area (Å²) >= 11 is 8.31. The van der Waals surface area contributed by atoms with Gasteiger partial charge in [-0.15, -0.1) is 0 Å². The summed E-state index contributed by atoms with van der Waals surface area (Å²) < 4.78 is 1.04. The molecule has 19 heavy (non-hydrogen) atoms. The third kappa shape index (κ3) is 3.70. The number of halogens is 2. The van der Waals surface area contributed by atoms with Crippen LogP contribution in [-0.2, 0) is 0 Å². The highest BCUT2D eigenvalue weighted by molar-refractivity contribution is 14.1. The molecule has 1 unspecified atom stereocenters. The second-order valence-electron chi connectivity index (χ2n) is 4.23. The number of amides is 1. The molecule has 4 heteroatoms. The van der Waals surface area contributed by atoms with Crippen molar-refractivity contribution in [2.24, 2.45) is 0 Å². The van der Waals surface area contributed by atoms with Gasteiger partial charge in [0.1, 0.15) is 0 Å². The van der Waals surface area contributed by atoms with Crippen LogP contribution in [0.2, 0.25) is 5.02 Å². The Labute approximate surface area is 131 Å². The maximum Gasteiger partial charge on any atom is 0.251 e. The number of rotatable bonds is 3. The maximum atomic E-state index is 12.1. The molecule has 0 saturated carbocycles. The zero-order valence-corrected chi connectivity index (χ0v) is 13.3. The van der Waals surface area contributed by atoms with E-state index in [1.54, 1.807) is 6.07 Å². The summed E-state index contributed by atoms with van der Waals surface area (Å²) in [6.45, 7) is 1.92. The fraction of sp³-hybridized carbons (Fsp3) is 0.133. The number of nitrogens with one attached hydrogen (secondary N) is 1. The molecule has 0 spiro atoms. The van der Waals surface area contributed by atoms with Gasteiger partial charge in [0, 0.05) is 14.2 Å². The summed E-state index contributed by atoms with van der Waals surface area (Å²) in [5.74, 6) is -0.0917. The highest BCUT2D eigenvalue weighted by atomic mass is 127. The van der Waals surface area contributed by atoms with Gasteiger partial charge in [-0.05, 0) is 59.3 Å². The van der Waals surface area contributed by atoms with Gasteiger partial charge in [0.05, 0.1) is 6.04 Å². The predicted octanol–water partition coefficient (Wildman–Crippen LogP) is 4.44. The topological polar surface area (TPSA) is 29.1 Å². The third-order valence-corrected chi connectivity index (χ3v) is 3.82. The molecule has 2 aromatic carbocycles. The van der Waals surface area contributed by atoms with Crippen molar-refractivity contribution in [3.63, 3.8) is 0 Å². The highest BCUT2D eigenvalue weighted by Crippen LogP contribution is 2.22. The number of carbonyl (C=O) groups is 1. The fourth-order valence-electron chi connectivity index (χ4n) is 1.81. The molecule has 1 N–H and O–H groups in total. The van der Waals surface area contributed by atoms with E-state index < -0.39 is 0 Å². The quantitative estimate of drug-likeness (QED) is 0.778. The van der Waals surface area contributed by atoms with Gasteiger partial charge in [-0.3, -0.25) is 4.79 Å². The van der Waals surface area contributed by atoms with Crippen LogP contribution in [0.3, 0.4) is 0 Å². The highest BCUT2D eigenvalue weighted by Gasteiger charge is 2.13. The van der Waals surface area contributed by atoms with E-state index in [-0.39, 0.29) is 11.9 Å². The van der Waals surface area contributed by atoms with Crippen molar-refractivity contribution in [3.05, 3.63) is 68.3 Å². The summed E-state index contributed by atoms with van der Waals surface area (Å²) in [6.07, 6.45) is 0. The molecule has 2 aromatic rings. The van der Waals surface area contributed by atoms with E-state index in [1.165, 1.54) is 0 Å². The van der Waals surface area contributed by atoms with Gasteiger partial charge in [-0.25, -0.2) is 0 Å². The van der Waals surface area contributed by atoms with Crippen molar-refractivity contribution in [2.75, 3.05) is 0 Å². The Morgan fingerprint density at radius 2 is 1.95 bits per heavy atom. The minimum Gasteiger partial charge on any atom is -0.345 e. The molecule has 0 bridgehead atoms. The van der Waals surface area contributed by atoms with Crippen molar-refractivity contribution in [1.82, 2.24) is 5.32 Å². The first-order valence-corrected chi connectivity index (χ1v) is 7.34. The lowest BCUT2D eigenvalue weighted by Crippen LogP contribution is -2.26. The molecule has 2 rings (SSSR count). The second kappa shape index (κ2) is 6.39. The van der Waals surface area contributed by atoms with Crippen molar-refractivity contribution >= 4 is 40.1 Å². The van der Waals surface area contributed by atoms with Crippen LogP contribution >= 0.6 is 34.2 Å². The lowest BCUT2D eigenvalue weighted by atomic mass is 10.1. The standard InChI is InChI=1S/C15H13ClINO/c1-10(13-7-2-3-8-14(13)16)18-15(19)11-5-4-6-12(17)9-11/h2-10H,1H3,(H,18,19). The van der Waals surface area contributed by atoms with Crippen LogP contribution in [0.1, 0.15) is 28.9 Å². The Kier molecular flexibility index (Phi) is 4.82. The molecule has 0 saturated heterocycles. The first kappa shape index (κ1) is 14.3. The predicted molar refractivity (Wildman–Crippen MR) is 86.5 cm³/mol. The van der Waals surface area contributed by atoms with Gasteiger partial charge in [0.2, 0.25) is 0 Å². The minimum atomic E-state index is -0.126. The lowest BCUT2D eigenvalue weighted by Gasteiger charge is -2.15. The van der Waals surface area contributed by atoms with E-state index >= 15 is 0 Å². The first-order chi connectivity index (χ1) is 9.08. The number of hydrogen-bond donors (Lipinski definition) is 1. The molecule has 0 heterocycles. The fourth-order valence-corrected chi connectivity index (χ4v) is 2.66. The monoisotopic (exact) mass is 385 g/mol. The van der Waals surface area contributed by atoms with Gasteiger partial charge in [-0.1, -0.05) is 35.9 Å². The molecule has 0 aliphatic rings. The molecule has 0 aliphatic carbocycles. The average Bonchev–Trinajstić information content (AvgIpc) is 2.39. The van der Waals surface area contributed by atoms with E-state index in [2.05, 4.69) is 27.9 Å². The Balaban J connectivity index is 2.13. The second-order valence-corrected chi connectivity index (χ2v) is 5.88. The largest absolute Gasteiger partial charge is 0.345 e. The van der Waals surface area contributed by atoms with Gasteiger partial charge in [0.25, 0.3) is 5.91 Å². The van der Waals surface area contributed by atoms with E-state index in [0.717, 1.165) is 9.13 Å². The van der Waals surface area contributed by atoms with Crippen LogP contribution in [0.25, 0.3) is 0 Å². The Bertz CT molecular complexity index is 600. The first-order valence-electron chi connectivity index (χ1n) is 5.89. The number of hydrogen-bond acceptors (Lipinski definition) is 1. The smallest absolute Gasteiger partial charge is 0.251 e. The summed E-state index contributed by atoms with van der Waals surface area (Å²) in [5, 5.41) is 3.62. The number of benzene rings is 2. The third-order valence-electron chi connectivity index (χ3n) is 2.81. The van der Waals surface area contributed by atoms with Crippen molar-refractivity contribution in [1.29, 1.82) is 0 Å². The molecule has 1 atom stereocenters. The normalized spacial score (nSPS) is 11.9. The van der Waals surface area contributed by atoms with Crippen LogP contribution in [0.15, 0.2) is 48.5 Å². The Morgan fingerprint density at radius 1 is 1.21 bits per heavy atom. The molecule has 0 radical (unpaired) electrons. The van der Waals surface area contributed by atoms with Gasteiger partial charge in [-0.2, -0.15) is 0 Å². The zero-order valence-electron chi connectivity index (χ0n) is 10.4. The van der Waals surface area contributed by atoms with Gasteiger partial charge in [0.15, 0.2) is 0 Å². The van der Waals surface area contributed by atoms with Crippen molar-refractivity contribution < 1.29 is 4.79 Å². The summed E-state index contributed by atoms with van der Waals surface area (Å²) in [6, 6.07) is 14.9. The number of carbonyl (C=O) groups excluding carboxylic acids is 1. The summed E-state index contributed by atoms with van der Waals surface area (Å²) in [7, 11) is 0. The van der Waals surface area contributed by atoms with Crippen LogP contribution < -0.4 is 5.32 Å². The molecule has 2 nitrogen and oxygen atoms in total. The molecule has 0 aliphatic heterocycles. The Hall–Kier alpha value is -1.07. The molecular formula is C15H13ClINO. The van der Waals surface area contributed by atoms with E-state index in [9.17, 15) is 4.79 Å². The zero-order chi connectivity index (χ0) is 13.8. The minimum absolute atomic E-state index is 0.0917. The Morgan fingerprint density at radius 3 is 2.63 bits per heavy atom.